The highest BCUT2D eigenvalue weighted by molar-refractivity contribution is 5.42. The molecule has 2 aromatic heterocycles. The van der Waals surface area contributed by atoms with Crippen molar-refractivity contribution in [1.29, 1.82) is 0 Å². The molecule has 0 N–H and O–H groups in total. The van der Waals surface area contributed by atoms with Crippen molar-refractivity contribution in [2.24, 2.45) is 0 Å². The molecule has 24 heavy (non-hydrogen) atoms. The highest BCUT2D eigenvalue weighted by atomic mass is 16.1. The molecule has 0 fully saturated rings. The van der Waals surface area contributed by atoms with Crippen molar-refractivity contribution in [3.8, 4) is 17.5 Å². The number of rotatable bonds is 2. The first kappa shape index (κ1) is 15.8. The second-order valence-electron chi connectivity index (χ2n) is 5.67. The molecule has 2 heterocycles. The summed E-state index contributed by atoms with van der Waals surface area (Å²) in [4.78, 5) is 16.5. The summed E-state index contributed by atoms with van der Waals surface area (Å²) in [5.41, 5.74) is 3.62. The van der Waals surface area contributed by atoms with Crippen LogP contribution in [0.25, 0.3) is 5.69 Å². The first-order valence-electron chi connectivity index (χ1n) is 7.92. The molecule has 1 aromatic carbocycles. The molecule has 0 saturated carbocycles. The number of hydrogen-bond donors (Lipinski definition) is 0. The second-order valence-corrected chi connectivity index (χ2v) is 5.67. The summed E-state index contributed by atoms with van der Waals surface area (Å²) in [5.74, 6) is 7.03. The highest BCUT2D eigenvalue weighted by Crippen LogP contribution is 2.10. The van der Waals surface area contributed by atoms with Crippen LogP contribution in [-0.2, 0) is 6.54 Å². The van der Waals surface area contributed by atoms with E-state index >= 15 is 0 Å². The van der Waals surface area contributed by atoms with Crippen LogP contribution in [0.1, 0.15) is 29.6 Å². The third-order valence-electron chi connectivity index (χ3n) is 3.83. The van der Waals surface area contributed by atoms with Crippen molar-refractivity contribution >= 4 is 0 Å². The quantitative estimate of drug-likeness (QED) is 0.682. The highest BCUT2D eigenvalue weighted by Gasteiger charge is 2.06. The van der Waals surface area contributed by atoms with Crippen LogP contribution in [0.5, 0.6) is 0 Å². The number of imidazole rings is 1. The van der Waals surface area contributed by atoms with Gasteiger partial charge in [-0.3, -0.25) is 4.79 Å². The van der Waals surface area contributed by atoms with E-state index in [0.717, 1.165) is 17.1 Å². The zero-order valence-corrected chi connectivity index (χ0v) is 14.1. The Hall–Kier alpha value is -3.06. The van der Waals surface area contributed by atoms with Gasteiger partial charge in [0.2, 0.25) is 0 Å². The van der Waals surface area contributed by atoms with E-state index in [2.05, 4.69) is 16.8 Å². The zero-order chi connectivity index (χ0) is 17.1. The monoisotopic (exact) mass is 317 g/mol. The first-order valence-corrected chi connectivity index (χ1v) is 7.92. The minimum atomic E-state index is -0.0181. The molecular formula is C20H19N3O. The summed E-state index contributed by atoms with van der Waals surface area (Å²) in [6.45, 7) is 6.56. The first-order chi connectivity index (χ1) is 11.6. The maximum absolute atomic E-state index is 12.0. The third-order valence-corrected chi connectivity index (χ3v) is 3.83. The van der Waals surface area contributed by atoms with E-state index in [1.165, 1.54) is 5.56 Å². The molecule has 120 valence electrons. The average Bonchev–Trinajstić information content (AvgIpc) is 2.94. The van der Waals surface area contributed by atoms with Crippen LogP contribution in [0.4, 0.5) is 0 Å². The fraction of sp³-hybridized carbons (Fsp3) is 0.200. The smallest absolute Gasteiger partial charge is 0.252 e. The Morgan fingerprint density at radius 2 is 1.96 bits per heavy atom. The largest absolute Gasteiger partial charge is 0.316 e. The predicted molar refractivity (Wildman–Crippen MR) is 95.4 cm³/mol. The number of hydrogen-bond acceptors (Lipinski definition) is 2. The minimum absolute atomic E-state index is 0.0181. The van der Waals surface area contributed by atoms with Crippen molar-refractivity contribution in [1.82, 2.24) is 14.1 Å². The molecular weight excluding hydrogens is 298 g/mol. The van der Waals surface area contributed by atoms with Crippen LogP contribution >= 0.6 is 0 Å². The molecule has 3 rings (SSSR count). The van der Waals surface area contributed by atoms with Crippen molar-refractivity contribution in [3.05, 3.63) is 81.8 Å². The van der Waals surface area contributed by atoms with Gasteiger partial charge in [-0.1, -0.05) is 18.1 Å². The molecule has 0 spiro atoms. The molecule has 0 amide bonds. The topological polar surface area (TPSA) is 39.8 Å². The van der Waals surface area contributed by atoms with Gasteiger partial charge >= 0.3 is 0 Å². The van der Waals surface area contributed by atoms with E-state index in [9.17, 15) is 4.79 Å². The van der Waals surface area contributed by atoms with Gasteiger partial charge in [0.15, 0.2) is 0 Å². The Bertz CT molecular complexity index is 999. The molecule has 0 aliphatic carbocycles. The van der Waals surface area contributed by atoms with E-state index in [-0.39, 0.29) is 5.56 Å². The van der Waals surface area contributed by atoms with E-state index < -0.39 is 0 Å². The lowest BCUT2D eigenvalue weighted by Crippen LogP contribution is -2.18. The summed E-state index contributed by atoms with van der Waals surface area (Å²) in [5, 5.41) is 0. The Morgan fingerprint density at radius 1 is 1.12 bits per heavy atom. The van der Waals surface area contributed by atoms with Crippen LogP contribution < -0.4 is 5.56 Å². The maximum Gasteiger partial charge on any atom is 0.252 e. The molecule has 4 heteroatoms. The summed E-state index contributed by atoms with van der Waals surface area (Å²) < 4.78 is 3.55. The Morgan fingerprint density at radius 3 is 2.67 bits per heavy atom. The number of pyridine rings is 1. The van der Waals surface area contributed by atoms with Crippen molar-refractivity contribution in [3.63, 3.8) is 0 Å². The summed E-state index contributed by atoms with van der Waals surface area (Å²) >= 11 is 0. The van der Waals surface area contributed by atoms with Crippen molar-refractivity contribution in [2.75, 3.05) is 0 Å². The summed E-state index contributed by atoms with van der Waals surface area (Å²) in [7, 11) is 0. The Kier molecular flexibility index (Phi) is 4.35. The number of aromatic nitrogens is 3. The molecule has 0 bridgehead atoms. The van der Waals surface area contributed by atoms with E-state index in [1.807, 2.05) is 61.9 Å². The van der Waals surface area contributed by atoms with Gasteiger partial charge in [-0.15, -0.1) is 0 Å². The number of aryl methyl sites for hydroxylation is 3. The van der Waals surface area contributed by atoms with E-state index in [4.69, 9.17) is 0 Å². The summed E-state index contributed by atoms with van der Waals surface area (Å²) in [6.07, 6.45) is 3.67. The van der Waals surface area contributed by atoms with Crippen molar-refractivity contribution in [2.45, 2.75) is 27.3 Å². The average molecular weight is 317 g/mol. The van der Waals surface area contributed by atoms with Gasteiger partial charge in [-0.05, 0) is 50.5 Å². The van der Waals surface area contributed by atoms with Crippen molar-refractivity contribution < 1.29 is 0 Å². The van der Waals surface area contributed by atoms with E-state index in [0.29, 0.717) is 12.2 Å². The lowest BCUT2D eigenvalue weighted by molar-refractivity contribution is 0.724. The Balaban J connectivity index is 1.94. The number of benzene rings is 1. The molecule has 3 aromatic rings. The predicted octanol–water partition coefficient (Wildman–Crippen LogP) is 3.07. The van der Waals surface area contributed by atoms with Gasteiger partial charge in [0.1, 0.15) is 11.5 Å². The zero-order valence-electron chi connectivity index (χ0n) is 14.1. The normalized spacial score (nSPS) is 10.3. The minimum Gasteiger partial charge on any atom is -0.316 e. The van der Waals surface area contributed by atoms with Gasteiger partial charge in [0.05, 0.1) is 5.69 Å². The molecule has 0 aliphatic heterocycles. The molecule has 0 saturated heterocycles. The lowest BCUT2D eigenvalue weighted by atomic mass is 10.1. The SMILES string of the molecule is CCn1ccc(-n2cc(C#Cc3cccc(C)c3)nc2C)cc1=O. The molecule has 0 atom stereocenters. The van der Waals surface area contributed by atoms with Gasteiger partial charge in [0.25, 0.3) is 5.56 Å². The second kappa shape index (κ2) is 6.59. The summed E-state index contributed by atoms with van der Waals surface area (Å²) in [6, 6.07) is 11.6. The standard InChI is InChI=1S/C20H19N3O/c1-4-22-11-10-19(13-20(22)24)23-14-18(21-16(23)3)9-8-17-7-5-6-15(2)12-17/h5-7,10-14H,4H2,1-3H3. The lowest BCUT2D eigenvalue weighted by Gasteiger charge is -2.06. The fourth-order valence-corrected chi connectivity index (χ4v) is 2.56. The van der Waals surface area contributed by atoms with Crippen LogP contribution in [0.15, 0.2) is 53.6 Å². The van der Waals surface area contributed by atoms with Gasteiger partial charge in [-0.25, -0.2) is 4.98 Å². The molecule has 0 radical (unpaired) electrons. The molecule has 0 aliphatic rings. The van der Waals surface area contributed by atoms with Gasteiger partial charge in [-0.2, -0.15) is 0 Å². The molecule has 0 unspecified atom stereocenters. The van der Waals surface area contributed by atoms with Crippen LogP contribution in [0.3, 0.4) is 0 Å². The Labute approximate surface area is 141 Å². The van der Waals surface area contributed by atoms with Gasteiger partial charge in [0, 0.05) is 30.6 Å². The molecule has 4 nitrogen and oxygen atoms in total. The van der Waals surface area contributed by atoms with Gasteiger partial charge < -0.3 is 9.13 Å². The van der Waals surface area contributed by atoms with E-state index in [1.54, 1.807) is 16.8 Å². The number of nitrogens with zero attached hydrogens (tertiary/aromatic N) is 3. The maximum atomic E-state index is 12.0. The van der Waals surface area contributed by atoms with Crippen LogP contribution in [0, 0.1) is 25.7 Å². The van der Waals surface area contributed by atoms with Crippen LogP contribution in [0.2, 0.25) is 0 Å². The third kappa shape index (κ3) is 3.31. The van der Waals surface area contributed by atoms with Crippen LogP contribution in [-0.4, -0.2) is 14.1 Å². The fourth-order valence-electron chi connectivity index (χ4n) is 2.56.